The number of rotatable bonds is 3. The van der Waals surface area contributed by atoms with Gasteiger partial charge in [0, 0.05) is 18.7 Å². The summed E-state index contributed by atoms with van der Waals surface area (Å²) in [5.41, 5.74) is 1.10. The van der Waals surface area contributed by atoms with Crippen molar-refractivity contribution in [2.75, 3.05) is 6.54 Å². The van der Waals surface area contributed by atoms with Gasteiger partial charge < -0.3 is 4.90 Å². The molecule has 1 unspecified atom stereocenters. The Balaban J connectivity index is 1.79. The lowest BCUT2D eigenvalue weighted by Crippen LogP contribution is -2.37. The van der Waals surface area contributed by atoms with Crippen molar-refractivity contribution in [2.45, 2.75) is 25.3 Å². The smallest absolute Gasteiger partial charge is 0.257 e. The van der Waals surface area contributed by atoms with Crippen LogP contribution < -0.4 is 0 Å². The molecule has 0 N–H and O–H groups in total. The van der Waals surface area contributed by atoms with Crippen LogP contribution in [0.15, 0.2) is 48.5 Å². The first kappa shape index (κ1) is 14.7. The van der Waals surface area contributed by atoms with Crippen LogP contribution in [0.5, 0.6) is 0 Å². The summed E-state index contributed by atoms with van der Waals surface area (Å²) < 4.78 is 26.8. The van der Waals surface area contributed by atoms with E-state index in [1.54, 1.807) is 4.90 Å². The van der Waals surface area contributed by atoms with Gasteiger partial charge in [-0.3, -0.25) is 4.79 Å². The van der Waals surface area contributed by atoms with E-state index in [-0.39, 0.29) is 17.5 Å². The molecule has 1 aliphatic rings. The quantitative estimate of drug-likeness (QED) is 0.844. The van der Waals surface area contributed by atoms with Crippen LogP contribution >= 0.6 is 0 Å². The summed E-state index contributed by atoms with van der Waals surface area (Å²) in [7, 11) is 0. The molecule has 1 aliphatic heterocycles. The Kier molecular flexibility index (Phi) is 4.18. The van der Waals surface area contributed by atoms with Crippen LogP contribution in [0.1, 0.15) is 28.8 Å². The van der Waals surface area contributed by atoms with Gasteiger partial charge >= 0.3 is 0 Å². The molecule has 0 aliphatic carbocycles. The van der Waals surface area contributed by atoms with Gasteiger partial charge in [0.2, 0.25) is 0 Å². The van der Waals surface area contributed by atoms with Crippen molar-refractivity contribution in [3.63, 3.8) is 0 Å². The van der Waals surface area contributed by atoms with E-state index in [4.69, 9.17) is 0 Å². The highest BCUT2D eigenvalue weighted by atomic mass is 19.1. The number of hydrogen-bond acceptors (Lipinski definition) is 1. The first-order valence-electron chi connectivity index (χ1n) is 7.45. The highest BCUT2D eigenvalue weighted by Crippen LogP contribution is 2.24. The Morgan fingerprint density at radius 2 is 1.91 bits per heavy atom. The largest absolute Gasteiger partial charge is 0.335 e. The molecule has 0 saturated carbocycles. The summed E-state index contributed by atoms with van der Waals surface area (Å²) in [6.45, 7) is 0.618. The summed E-state index contributed by atoms with van der Waals surface area (Å²) in [5.74, 6) is -1.82. The van der Waals surface area contributed by atoms with Crippen molar-refractivity contribution in [1.29, 1.82) is 0 Å². The van der Waals surface area contributed by atoms with E-state index in [1.807, 2.05) is 30.3 Å². The SMILES string of the molecule is O=C(c1ccc(F)cc1F)N1CCCC1Cc1ccccc1. The number of halogens is 2. The zero-order valence-corrected chi connectivity index (χ0v) is 12.1. The van der Waals surface area contributed by atoms with Gasteiger partial charge in [-0.1, -0.05) is 30.3 Å². The number of hydrogen-bond donors (Lipinski definition) is 0. The third kappa shape index (κ3) is 3.01. The minimum atomic E-state index is -0.796. The highest BCUT2D eigenvalue weighted by Gasteiger charge is 2.30. The van der Waals surface area contributed by atoms with Gasteiger partial charge in [0.1, 0.15) is 11.6 Å². The fraction of sp³-hybridized carbons (Fsp3) is 0.278. The van der Waals surface area contributed by atoms with Crippen molar-refractivity contribution in [3.8, 4) is 0 Å². The second-order valence-corrected chi connectivity index (χ2v) is 5.61. The zero-order chi connectivity index (χ0) is 15.5. The molecule has 3 rings (SSSR count). The normalized spacial score (nSPS) is 17.7. The lowest BCUT2D eigenvalue weighted by Gasteiger charge is -2.25. The predicted molar refractivity (Wildman–Crippen MR) is 80.6 cm³/mol. The molecule has 0 bridgehead atoms. The second-order valence-electron chi connectivity index (χ2n) is 5.61. The van der Waals surface area contributed by atoms with Gasteiger partial charge in [-0.15, -0.1) is 0 Å². The average Bonchev–Trinajstić information content (AvgIpc) is 2.96. The van der Waals surface area contributed by atoms with Crippen molar-refractivity contribution in [3.05, 3.63) is 71.3 Å². The van der Waals surface area contributed by atoms with E-state index in [0.29, 0.717) is 6.54 Å². The van der Waals surface area contributed by atoms with Crippen molar-refractivity contribution < 1.29 is 13.6 Å². The summed E-state index contributed by atoms with van der Waals surface area (Å²) in [6, 6.07) is 13.1. The third-order valence-corrected chi connectivity index (χ3v) is 4.11. The number of amides is 1. The predicted octanol–water partition coefficient (Wildman–Crippen LogP) is 3.81. The van der Waals surface area contributed by atoms with Gasteiger partial charge in [-0.2, -0.15) is 0 Å². The molecule has 0 spiro atoms. The molecule has 0 radical (unpaired) electrons. The van der Waals surface area contributed by atoms with Gasteiger partial charge in [0.25, 0.3) is 5.91 Å². The molecule has 1 heterocycles. The van der Waals surface area contributed by atoms with E-state index < -0.39 is 11.6 Å². The van der Waals surface area contributed by atoms with E-state index in [9.17, 15) is 13.6 Å². The summed E-state index contributed by atoms with van der Waals surface area (Å²) in [4.78, 5) is 14.3. The molecule has 2 nitrogen and oxygen atoms in total. The molecule has 2 aromatic rings. The van der Waals surface area contributed by atoms with E-state index in [2.05, 4.69) is 0 Å². The molecule has 2 aromatic carbocycles. The monoisotopic (exact) mass is 301 g/mol. The fourth-order valence-corrected chi connectivity index (χ4v) is 3.02. The fourth-order valence-electron chi connectivity index (χ4n) is 3.02. The Morgan fingerprint density at radius 3 is 2.64 bits per heavy atom. The molecule has 1 saturated heterocycles. The molecular formula is C18H17F2NO. The Hall–Kier alpha value is -2.23. The maximum atomic E-state index is 13.8. The van der Waals surface area contributed by atoms with Crippen LogP contribution in [0.4, 0.5) is 8.78 Å². The van der Waals surface area contributed by atoms with Crippen LogP contribution in [0.3, 0.4) is 0 Å². The average molecular weight is 301 g/mol. The van der Waals surface area contributed by atoms with Crippen LogP contribution in [-0.2, 0) is 6.42 Å². The third-order valence-electron chi connectivity index (χ3n) is 4.11. The van der Waals surface area contributed by atoms with Crippen molar-refractivity contribution >= 4 is 5.91 Å². The van der Waals surface area contributed by atoms with Crippen LogP contribution in [0.2, 0.25) is 0 Å². The number of likely N-dealkylation sites (tertiary alicyclic amines) is 1. The maximum Gasteiger partial charge on any atom is 0.257 e. The molecule has 1 amide bonds. The van der Waals surface area contributed by atoms with Crippen LogP contribution in [-0.4, -0.2) is 23.4 Å². The van der Waals surface area contributed by atoms with E-state index in [0.717, 1.165) is 37.0 Å². The van der Waals surface area contributed by atoms with Crippen molar-refractivity contribution in [2.24, 2.45) is 0 Å². The van der Waals surface area contributed by atoms with Gasteiger partial charge in [0.15, 0.2) is 0 Å². The first-order valence-corrected chi connectivity index (χ1v) is 7.45. The lowest BCUT2D eigenvalue weighted by atomic mass is 10.0. The molecule has 4 heteroatoms. The summed E-state index contributed by atoms with van der Waals surface area (Å²) in [5, 5.41) is 0. The molecule has 1 atom stereocenters. The van der Waals surface area contributed by atoms with Crippen LogP contribution in [0, 0.1) is 11.6 Å². The van der Waals surface area contributed by atoms with Crippen molar-refractivity contribution in [1.82, 2.24) is 4.90 Å². The zero-order valence-electron chi connectivity index (χ0n) is 12.1. The Labute approximate surface area is 128 Å². The lowest BCUT2D eigenvalue weighted by molar-refractivity contribution is 0.0731. The minimum absolute atomic E-state index is 0.0543. The number of carbonyl (C=O) groups is 1. The number of nitrogens with zero attached hydrogens (tertiary/aromatic N) is 1. The second kappa shape index (κ2) is 6.26. The van der Waals surface area contributed by atoms with Gasteiger partial charge in [-0.05, 0) is 37.0 Å². The summed E-state index contributed by atoms with van der Waals surface area (Å²) >= 11 is 0. The van der Waals surface area contributed by atoms with Gasteiger partial charge in [0.05, 0.1) is 5.56 Å². The molecule has 114 valence electrons. The molecule has 1 fully saturated rings. The van der Waals surface area contributed by atoms with E-state index >= 15 is 0 Å². The van der Waals surface area contributed by atoms with Crippen LogP contribution in [0.25, 0.3) is 0 Å². The molecule has 0 aromatic heterocycles. The summed E-state index contributed by atoms with van der Waals surface area (Å²) in [6.07, 6.45) is 2.57. The van der Waals surface area contributed by atoms with Gasteiger partial charge in [-0.25, -0.2) is 8.78 Å². The maximum absolute atomic E-state index is 13.8. The Morgan fingerprint density at radius 1 is 1.14 bits per heavy atom. The minimum Gasteiger partial charge on any atom is -0.335 e. The number of benzene rings is 2. The first-order chi connectivity index (χ1) is 10.6. The topological polar surface area (TPSA) is 20.3 Å². The molecule has 22 heavy (non-hydrogen) atoms. The highest BCUT2D eigenvalue weighted by molar-refractivity contribution is 5.94. The molecular weight excluding hydrogens is 284 g/mol. The number of carbonyl (C=O) groups excluding carboxylic acids is 1. The van der Waals surface area contributed by atoms with E-state index in [1.165, 1.54) is 6.07 Å². The Bertz CT molecular complexity index is 672. The standard InChI is InChI=1S/C18H17F2NO/c19-14-8-9-16(17(20)12-14)18(22)21-10-4-7-15(21)11-13-5-2-1-3-6-13/h1-3,5-6,8-9,12,15H,4,7,10-11H2.